The zero-order valence-electron chi connectivity index (χ0n) is 11.5. The predicted octanol–water partition coefficient (Wildman–Crippen LogP) is 4.30. The van der Waals surface area contributed by atoms with Crippen molar-refractivity contribution < 1.29 is 5.11 Å². The first kappa shape index (κ1) is 12.5. The monoisotopic (exact) mass is 264 g/mol. The van der Waals surface area contributed by atoms with Gasteiger partial charge in [0.1, 0.15) is 5.75 Å². The smallest absolute Gasteiger partial charge is 0.139 e. The Hall–Kier alpha value is -2.55. The molecule has 0 aliphatic carbocycles. The zero-order valence-corrected chi connectivity index (χ0v) is 11.5. The van der Waals surface area contributed by atoms with Gasteiger partial charge < -0.3 is 10.4 Å². The molecule has 3 aromatic rings. The average molecular weight is 264 g/mol. The van der Waals surface area contributed by atoms with E-state index in [-0.39, 0.29) is 5.75 Å². The quantitative estimate of drug-likeness (QED) is 0.678. The minimum absolute atomic E-state index is 0.239. The number of para-hydroxylation sites is 2. The largest absolute Gasteiger partial charge is 0.506 e. The van der Waals surface area contributed by atoms with Crippen molar-refractivity contribution in [1.29, 1.82) is 0 Å². The van der Waals surface area contributed by atoms with E-state index in [9.17, 15) is 5.11 Å². The van der Waals surface area contributed by atoms with E-state index in [4.69, 9.17) is 0 Å². The van der Waals surface area contributed by atoms with Crippen LogP contribution < -0.4 is 5.32 Å². The fraction of sp³-hybridized carbons (Fsp3) is 0.118. The van der Waals surface area contributed by atoms with E-state index in [0.717, 1.165) is 22.3 Å². The van der Waals surface area contributed by atoms with E-state index in [1.807, 2.05) is 31.2 Å². The van der Waals surface area contributed by atoms with Gasteiger partial charge in [0, 0.05) is 16.8 Å². The van der Waals surface area contributed by atoms with Gasteiger partial charge in [-0.2, -0.15) is 0 Å². The Kier molecular flexibility index (Phi) is 3.03. The van der Waals surface area contributed by atoms with Crippen LogP contribution in [0.5, 0.6) is 5.75 Å². The lowest BCUT2D eigenvalue weighted by atomic mass is 10.1. The number of rotatable bonds is 2. The number of phenols is 1. The van der Waals surface area contributed by atoms with Crippen LogP contribution in [0.1, 0.15) is 11.3 Å². The van der Waals surface area contributed by atoms with Gasteiger partial charge in [-0.3, -0.25) is 4.98 Å². The molecule has 0 atom stereocenters. The van der Waals surface area contributed by atoms with Gasteiger partial charge in [0.05, 0.1) is 11.2 Å². The molecule has 0 fully saturated rings. The fourth-order valence-corrected chi connectivity index (χ4v) is 2.30. The maximum Gasteiger partial charge on any atom is 0.139 e. The summed E-state index contributed by atoms with van der Waals surface area (Å²) in [6, 6.07) is 15.4. The maximum absolute atomic E-state index is 9.89. The van der Waals surface area contributed by atoms with Crippen LogP contribution in [0.15, 0.2) is 48.5 Å². The second kappa shape index (κ2) is 4.85. The SMILES string of the molecule is Cc1ccc2nc(C)cc(Nc3ccccc3O)c2c1. The minimum atomic E-state index is 0.239. The van der Waals surface area contributed by atoms with E-state index >= 15 is 0 Å². The maximum atomic E-state index is 9.89. The van der Waals surface area contributed by atoms with Crippen molar-refractivity contribution in [3.8, 4) is 5.75 Å². The van der Waals surface area contributed by atoms with E-state index in [2.05, 4.69) is 29.4 Å². The summed E-state index contributed by atoms with van der Waals surface area (Å²) in [5, 5.41) is 14.2. The zero-order chi connectivity index (χ0) is 14.1. The standard InChI is InChI=1S/C17H16N2O/c1-11-7-8-14-13(9-11)16(10-12(2)18-14)19-15-5-3-4-6-17(15)20/h3-10,20H,1-2H3,(H,18,19). The molecule has 0 saturated heterocycles. The van der Waals surface area contributed by atoms with Gasteiger partial charge in [-0.25, -0.2) is 0 Å². The van der Waals surface area contributed by atoms with Gasteiger partial charge in [-0.15, -0.1) is 0 Å². The first-order valence-electron chi connectivity index (χ1n) is 6.56. The third-order valence-electron chi connectivity index (χ3n) is 3.27. The number of aromatic nitrogens is 1. The lowest BCUT2D eigenvalue weighted by molar-refractivity contribution is 0.478. The number of anilines is 2. The second-order valence-corrected chi connectivity index (χ2v) is 4.97. The molecule has 3 rings (SSSR count). The van der Waals surface area contributed by atoms with Crippen molar-refractivity contribution in [3.63, 3.8) is 0 Å². The average Bonchev–Trinajstić information content (AvgIpc) is 2.42. The molecule has 1 heterocycles. The summed E-state index contributed by atoms with van der Waals surface area (Å²) in [5.41, 5.74) is 4.73. The van der Waals surface area contributed by atoms with E-state index in [0.29, 0.717) is 5.69 Å². The summed E-state index contributed by atoms with van der Waals surface area (Å²) in [6.07, 6.45) is 0. The van der Waals surface area contributed by atoms with Crippen LogP contribution in [0.25, 0.3) is 10.9 Å². The van der Waals surface area contributed by atoms with Gasteiger partial charge in [0.2, 0.25) is 0 Å². The van der Waals surface area contributed by atoms with Crippen LogP contribution in [0.2, 0.25) is 0 Å². The molecule has 0 bridgehead atoms. The number of phenolic OH excluding ortho intramolecular Hbond substituents is 1. The number of nitrogens with one attached hydrogen (secondary N) is 1. The van der Waals surface area contributed by atoms with Crippen molar-refractivity contribution in [1.82, 2.24) is 4.98 Å². The van der Waals surface area contributed by atoms with Gasteiger partial charge in [-0.05, 0) is 44.2 Å². The first-order valence-corrected chi connectivity index (χ1v) is 6.56. The molecule has 0 saturated carbocycles. The molecule has 100 valence electrons. The summed E-state index contributed by atoms with van der Waals surface area (Å²) in [7, 11) is 0. The molecule has 2 N–H and O–H groups in total. The number of fused-ring (bicyclic) bond motifs is 1. The highest BCUT2D eigenvalue weighted by Gasteiger charge is 2.06. The molecule has 20 heavy (non-hydrogen) atoms. The Morgan fingerprint density at radius 3 is 2.55 bits per heavy atom. The molecule has 0 amide bonds. The Morgan fingerprint density at radius 2 is 1.75 bits per heavy atom. The van der Waals surface area contributed by atoms with Crippen LogP contribution in [0.3, 0.4) is 0 Å². The summed E-state index contributed by atoms with van der Waals surface area (Å²) in [6.45, 7) is 4.03. The summed E-state index contributed by atoms with van der Waals surface area (Å²) in [5.74, 6) is 0.239. The van der Waals surface area contributed by atoms with E-state index in [1.165, 1.54) is 5.56 Å². The van der Waals surface area contributed by atoms with Crippen molar-refractivity contribution in [2.45, 2.75) is 13.8 Å². The van der Waals surface area contributed by atoms with Crippen LogP contribution >= 0.6 is 0 Å². The van der Waals surface area contributed by atoms with Crippen LogP contribution in [0, 0.1) is 13.8 Å². The van der Waals surface area contributed by atoms with Gasteiger partial charge in [0.25, 0.3) is 0 Å². The number of pyridine rings is 1. The van der Waals surface area contributed by atoms with Crippen molar-refractivity contribution in [3.05, 3.63) is 59.8 Å². The number of nitrogens with zero attached hydrogens (tertiary/aromatic N) is 1. The molecule has 2 aromatic carbocycles. The molecule has 1 aromatic heterocycles. The Bertz CT molecular complexity index is 781. The topological polar surface area (TPSA) is 45.2 Å². The number of hydrogen-bond acceptors (Lipinski definition) is 3. The molecular formula is C17H16N2O. The van der Waals surface area contributed by atoms with Gasteiger partial charge >= 0.3 is 0 Å². The molecule has 0 radical (unpaired) electrons. The third kappa shape index (κ3) is 2.30. The van der Waals surface area contributed by atoms with E-state index < -0.39 is 0 Å². The first-order chi connectivity index (χ1) is 9.63. The van der Waals surface area contributed by atoms with Crippen molar-refractivity contribution >= 4 is 22.3 Å². The van der Waals surface area contributed by atoms with Crippen molar-refractivity contribution in [2.24, 2.45) is 0 Å². The lowest BCUT2D eigenvalue weighted by Gasteiger charge is -2.12. The van der Waals surface area contributed by atoms with Gasteiger partial charge in [-0.1, -0.05) is 23.8 Å². The highest BCUT2D eigenvalue weighted by atomic mass is 16.3. The second-order valence-electron chi connectivity index (χ2n) is 4.97. The van der Waals surface area contributed by atoms with Gasteiger partial charge in [0.15, 0.2) is 0 Å². The highest BCUT2D eigenvalue weighted by Crippen LogP contribution is 2.31. The molecule has 0 spiro atoms. The molecular weight excluding hydrogens is 248 g/mol. The highest BCUT2D eigenvalue weighted by molar-refractivity contribution is 5.94. The molecule has 0 aliphatic heterocycles. The van der Waals surface area contributed by atoms with E-state index in [1.54, 1.807) is 12.1 Å². The van der Waals surface area contributed by atoms with Crippen LogP contribution in [-0.4, -0.2) is 10.1 Å². The summed E-state index contributed by atoms with van der Waals surface area (Å²) >= 11 is 0. The Labute approximate surface area is 117 Å². The third-order valence-corrected chi connectivity index (χ3v) is 3.27. The molecule has 0 aliphatic rings. The fourth-order valence-electron chi connectivity index (χ4n) is 2.30. The molecule has 3 heteroatoms. The molecule has 0 unspecified atom stereocenters. The lowest BCUT2D eigenvalue weighted by Crippen LogP contribution is -1.95. The summed E-state index contributed by atoms with van der Waals surface area (Å²) < 4.78 is 0. The number of hydrogen-bond donors (Lipinski definition) is 2. The minimum Gasteiger partial charge on any atom is -0.506 e. The predicted molar refractivity (Wildman–Crippen MR) is 82.6 cm³/mol. The molecule has 3 nitrogen and oxygen atoms in total. The number of aryl methyl sites for hydroxylation is 2. The van der Waals surface area contributed by atoms with Crippen LogP contribution in [0.4, 0.5) is 11.4 Å². The Balaban J connectivity index is 2.15. The number of benzene rings is 2. The van der Waals surface area contributed by atoms with Crippen molar-refractivity contribution in [2.75, 3.05) is 5.32 Å². The Morgan fingerprint density at radius 1 is 0.950 bits per heavy atom. The van der Waals surface area contributed by atoms with Crippen LogP contribution in [-0.2, 0) is 0 Å². The number of aromatic hydroxyl groups is 1. The summed E-state index contributed by atoms with van der Waals surface area (Å²) in [4.78, 5) is 4.54. The normalized spacial score (nSPS) is 10.7.